The zero-order valence-electron chi connectivity index (χ0n) is 28.2. The van der Waals surface area contributed by atoms with Gasteiger partial charge in [-0.25, -0.2) is 0 Å². The summed E-state index contributed by atoms with van der Waals surface area (Å²) in [5.41, 5.74) is -0.294. The Hall–Kier alpha value is -2.38. The maximum Gasteiger partial charge on any atom is 0.269 e. The van der Waals surface area contributed by atoms with E-state index < -0.39 is 154 Å². The lowest BCUT2D eigenvalue weighted by Crippen LogP contribution is -2.73. The van der Waals surface area contributed by atoms with Crippen molar-refractivity contribution in [1.82, 2.24) is 10.6 Å². The first-order chi connectivity index (χ1) is 25.6. The van der Waals surface area contributed by atoms with Crippen molar-refractivity contribution in [2.45, 2.75) is 123 Å². The summed E-state index contributed by atoms with van der Waals surface area (Å²) < 4.78 is 34.6. The number of aliphatic hydroxyl groups excluding tert-OH is 13. The molecule has 20 atom stereocenters. The molecule has 0 radical (unpaired) electrons. The lowest BCUT2D eigenvalue weighted by Gasteiger charge is -2.50. The van der Waals surface area contributed by atoms with Crippen LogP contribution in [0.25, 0.3) is 0 Å². The van der Waals surface area contributed by atoms with Gasteiger partial charge in [0.2, 0.25) is 6.29 Å². The van der Waals surface area contributed by atoms with Gasteiger partial charge in [-0.05, 0) is 12.1 Å². The third kappa shape index (κ3) is 8.77. The second kappa shape index (κ2) is 18.3. The molecule has 4 heterocycles. The third-order valence-corrected chi connectivity index (χ3v) is 9.82. The Labute approximate surface area is 305 Å². The maximum atomic E-state index is 11.9. The van der Waals surface area contributed by atoms with Crippen molar-refractivity contribution >= 4 is 5.69 Å². The Balaban J connectivity index is 1.45. The van der Waals surface area contributed by atoms with Crippen LogP contribution in [0, 0.1) is 10.1 Å². The summed E-state index contributed by atoms with van der Waals surface area (Å²) in [6.07, 6.45) is -31.0. The van der Waals surface area contributed by atoms with Crippen LogP contribution in [0.1, 0.15) is 0 Å². The number of rotatable bonds is 13. The topological polar surface area (TPSA) is 386 Å². The van der Waals surface area contributed by atoms with Gasteiger partial charge in [0.25, 0.3) is 5.69 Å². The molecule has 0 bridgehead atoms. The SMILES string of the molecule is O=[N+]([O-])c1ccc(O[C@@H]2O[C@H](CO)[C@@H](O[C@@H]3O[C@H](CO)[C@@H](O)[C@H](O)[C@H]3N[C@@H]3O[C@H](CO)[C@@H](O)[C@H](O)[C@H]3O)[C@H](O)[C@H]2N[C@@H]2O[C@H](CO)[C@@H](O)[C@H](O)[C@H]2O)cc1. The van der Waals surface area contributed by atoms with Crippen molar-refractivity contribution in [3.63, 3.8) is 0 Å². The van der Waals surface area contributed by atoms with Gasteiger partial charge in [-0.1, -0.05) is 0 Å². The number of ether oxygens (including phenoxy) is 6. The molecule has 15 N–H and O–H groups in total. The van der Waals surface area contributed by atoms with Gasteiger partial charge in [0.05, 0.1) is 37.4 Å². The van der Waals surface area contributed by atoms with Crippen molar-refractivity contribution in [2.75, 3.05) is 26.4 Å². The number of hydrogen-bond donors (Lipinski definition) is 15. The van der Waals surface area contributed by atoms with Crippen LogP contribution in [0.4, 0.5) is 5.69 Å². The number of hydrogen-bond acceptors (Lipinski definition) is 23. The van der Waals surface area contributed by atoms with E-state index in [1.165, 1.54) is 12.1 Å². The highest BCUT2D eigenvalue weighted by molar-refractivity contribution is 5.36. The van der Waals surface area contributed by atoms with Gasteiger partial charge in [0, 0.05) is 12.1 Å². The van der Waals surface area contributed by atoms with Crippen LogP contribution >= 0.6 is 0 Å². The minimum atomic E-state index is -1.92. The molecule has 0 unspecified atom stereocenters. The number of non-ortho nitro benzene ring substituents is 1. The Kier molecular flexibility index (Phi) is 14.5. The summed E-state index contributed by atoms with van der Waals surface area (Å²) in [6.45, 7) is -3.39. The first-order valence-electron chi connectivity index (χ1n) is 16.9. The summed E-state index contributed by atoms with van der Waals surface area (Å²) in [5, 5.41) is 152. The van der Waals surface area contributed by atoms with Crippen molar-refractivity contribution in [3.8, 4) is 5.75 Å². The van der Waals surface area contributed by atoms with Crippen LogP contribution in [0.3, 0.4) is 0 Å². The summed E-state index contributed by atoms with van der Waals surface area (Å²) in [4.78, 5) is 10.5. The molecule has 4 saturated heterocycles. The lowest BCUT2D eigenvalue weighted by molar-refractivity contribution is -0.384. The molecule has 5 rings (SSSR count). The Bertz CT molecular complexity index is 1350. The largest absolute Gasteiger partial charge is 0.463 e. The van der Waals surface area contributed by atoms with Crippen molar-refractivity contribution in [1.29, 1.82) is 0 Å². The van der Waals surface area contributed by atoms with E-state index in [-0.39, 0.29) is 11.4 Å². The molecule has 4 aliphatic rings. The van der Waals surface area contributed by atoms with Gasteiger partial charge in [-0.15, -0.1) is 0 Å². The second-order valence-corrected chi connectivity index (χ2v) is 13.3. The minimum absolute atomic E-state index is 0.0447. The first-order valence-corrected chi connectivity index (χ1v) is 16.9. The van der Waals surface area contributed by atoms with Gasteiger partial charge >= 0.3 is 0 Å². The number of nitro groups is 1. The number of nitro benzene ring substituents is 1. The summed E-state index contributed by atoms with van der Waals surface area (Å²) in [7, 11) is 0. The molecule has 0 spiro atoms. The number of nitrogens with zero attached hydrogens (tertiary/aromatic N) is 1. The van der Waals surface area contributed by atoms with Crippen LogP contribution in [0.15, 0.2) is 24.3 Å². The molecule has 1 aromatic carbocycles. The molecule has 0 aliphatic carbocycles. The summed E-state index contributed by atoms with van der Waals surface area (Å²) in [5.74, 6) is -0.0447. The van der Waals surface area contributed by atoms with Crippen molar-refractivity contribution in [3.05, 3.63) is 34.4 Å². The fraction of sp³-hybridized carbons (Fsp3) is 0.800. The fourth-order valence-corrected chi connectivity index (χ4v) is 6.68. The van der Waals surface area contributed by atoms with E-state index in [4.69, 9.17) is 28.4 Å². The van der Waals surface area contributed by atoms with E-state index in [0.29, 0.717) is 0 Å². The number of nitrogens with one attached hydrogen (secondary N) is 2. The molecule has 0 saturated carbocycles. The molecule has 4 fully saturated rings. The van der Waals surface area contributed by atoms with Gasteiger partial charge in [-0.3, -0.25) is 20.7 Å². The highest BCUT2D eigenvalue weighted by Gasteiger charge is 2.55. The standard InChI is InChI=1S/C30H47N3O21/c34-5-11-18(39)22(43)24(45)27(50-11)31-15-20(41)17(38)13(7-36)52-30(15)54-26-14(8-37)53-29(49-10-3-1-9(2-4-10)33(47)48)16(21(26)42)32-28-25(46)23(44)19(40)12(6-35)51-28/h1-4,11-32,34-46H,5-8H2/t11-,12-,13-,14-,15-,16-,17-,18-,19-,20-,21-,22+,23+,24-,25-,26-,27-,28-,29-,30+/m1/s1. The Morgan fingerprint density at radius 1 is 0.556 bits per heavy atom. The zero-order chi connectivity index (χ0) is 39.6. The molecular weight excluding hydrogens is 738 g/mol. The predicted molar refractivity (Wildman–Crippen MR) is 169 cm³/mol. The lowest BCUT2D eigenvalue weighted by atomic mass is 9.93. The van der Waals surface area contributed by atoms with E-state index >= 15 is 0 Å². The third-order valence-electron chi connectivity index (χ3n) is 9.82. The van der Waals surface area contributed by atoms with Gasteiger partial charge in [0.15, 0.2) is 6.29 Å². The second-order valence-electron chi connectivity index (χ2n) is 13.3. The zero-order valence-corrected chi connectivity index (χ0v) is 28.2. The molecule has 308 valence electrons. The van der Waals surface area contributed by atoms with Crippen LogP contribution in [-0.2, 0) is 23.7 Å². The van der Waals surface area contributed by atoms with E-state index in [2.05, 4.69) is 10.6 Å². The van der Waals surface area contributed by atoms with Gasteiger partial charge in [-0.2, -0.15) is 0 Å². The predicted octanol–water partition coefficient (Wildman–Crippen LogP) is -8.61. The molecule has 1 aromatic rings. The quantitative estimate of drug-likeness (QED) is 0.0652. The van der Waals surface area contributed by atoms with Crippen LogP contribution in [0.5, 0.6) is 5.75 Å². The van der Waals surface area contributed by atoms with E-state index in [1.54, 1.807) is 0 Å². The Morgan fingerprint density at radius 2 is 0.981 bits per heavy atom. The minimum Gasteiger partial charge on any atom is -0.463 e. The van der Waals surface area contributed by atoms with E-state index in [1.807, 2.05) is 0 Å². The van der Waals surface area contributed by atoms with Gasteiger partial charge in [0.1, 0.15) is 110 Å². The molecule has 24 heteroatoms. The molecule has 54 heavy (non-hydrogen) atoms. The summed E-state index contributed by atoms with van der Waals surface area (Å²) >= 11 is 0. The number of aliphatic hydroxyl groups is 13. The van der Waals surface area contributed by atoms with Crippen molar-refractivity contribution < 1.29 is 99.7 Å². The molecule has 0 amide bonds. The Morgan fingerprint density at radius 3 is 1.44 bits per heavy atom. The molecule has 4 aliphatic heterocycles. The van der Waals surface area contributed by atoms with Crippen LogP contribution in [-0.4, -0.2) is 220 Å². The monoisotopic (exact) mass is 785 g/mol. The average molecular weight is 786 g/mol. The molecule has 0 aromatic heterocycles. The maximum absolute atomic E-state index is 11.9. The first kappa shape index (κ1) is 42.8. The van der Waals surface area contributed by atoms with Gasteiger partial charge < -0.3 is 94.8 Å². The normalized spacial score (nSPS) is 45.9. The van der Waals surface area contributed by atoms with Crippen molar-refractivity contribution in [2.24, 2.45) is 0 Å². The highest BCUT2D eigenvalue weighted by Crippen LogP contribution is 2.33. The molecule has 24 nitrogen and oxygen atoms in total. The highest BCUT2D eigenvalue weighted by atomic mass is 16.7. The van der Waals surface area contributed by atoms with E-state index in [9.17, 15) is 76.5 Å². The van der Waals surface area contributed by atoms with E-state index in [0.717, 1.165) is 12.1 Å². The summed E-state index contributed by atoms with van der Waals surface area (Å²) in [6, 6.07) is 1.35. The van der Waals surface area contributed by atoms with Crippen LogP contribution in [0.2, 0.25) is 0 Å². The fourth-order valence-electron chi connectivity index (χ4n) is 6.68. The molecular formula is C30H47N3O21. The smallest absolute Gasteiger partial charge is 0.269 e. The number of benzene rings is 1. The average Bonchev–Trinajstić information content (AvgIpc) is 3.16. The van der Waals surface area contributed by atoms with Crippen LogP contribution < -0.4 is 15.4 Å².